The summed E-state index contributed by atoms with van der Waals surface area (Å²) in [6, 6.07) is 3.99. The van der Waals surface area contributed by atoms with Crippen LogP contribution >= 0.6 is 22.9 Å². The molecule has 18 heavy (non-hydrogen) atoms. The number of rotatable bonds is 3. The van der Waals surface area contributed by atoms with Gasteiger partial charge in [0.25, 0.3) is 0 Å². The zero-order valence-corrected chi connectivity index (χ0v) is 12.0. The highest BCUT2D eigenvalue weighted by Crippen LogP contribution is 2.23. The number of hydrogen-bond acceptors (Lipinski definition) is 4. The minimum Gasteiger partial charge on any atom is -0.450 e. The van der Waals surface area contributed by atoms with Gasteiger partial charge >= 0.3 is 6.09 Å². The molecule has 0 atom stereocenters. The van der Waals surface area contributed by atoms with E-state index in [0.29, 0.717) is 6.61 Å². The molecule has 0 radical (unpaired) electrons. The van der Waals surface area contributed by atoms with Crippen LogP contribution in [0.25, 0.3) is 0 Å². The van der Waals surface area contributed by atoms with E-state index in [1.807, 2.05) is 13.0 Å². The lowest BCUT2D eigenvalue weighted by Gasteiger charge is -2.33. The van der Waals surface area contributed by atoms with Crippen LogP contribution in [0.2, 0.25) is 4.34 Å². The fourth-order valence-corrected chi connectivity index (χ4v) is 3.09. The van der Waals surface area contributed by atoms with Crippen molar-refractivity contribution in [2.45, 2.75) is 13.5 Å². The molecule has 0 saturated carbocycles. The van der Waals surface area contributed by atoms with Gasteiger partial charge in [-0.2, -0.15) is 0 Å². The van der Waals surface area contributed by atoms with Crippen LogP contribution in [-0.4, -0.2) is 48.7 Å². The van der Waals surface area contributed by atoms with Gasteiger partial charge in [0, 0.05) is 37.6 Å². The molecule has 0 N–H and O–H groups in total. The maximum Gasteiger partial charge on any atom is 0.409 e. The molecule has 0 aromatic carbocycles. The first-order valence-corrected chi connectivity index (χ1v) is 7.26. The monoisotopic (exact) mass is 288 g/mol. The molecule has 2 heterocycles. The number of halogens is 1. The van der Waals surface area contributed by atoms with E-state index >= 15 is 0 Å². The number of amides is 1. The largest absolute Gasteiger partial charge is 0.450 e. The molecule has 1 aliphatic rings. The molecule has 0 aliphatic carbocycles. The van der Waals surface area contributed by atoms with Gasteiger partial charge in [-0.25, -0.2) is 4.79 Å². The van der Waals surface area contributed by atoms with Crippen LogP contribution in [0.15, 0.2) is 12.1 Å². The molecular formula is C12H17ClN2O2S. The SMILES string of the molecule is CCOC(=O)N1CCN(Cc2ccc(Cl)s2)CC1. The zero-order valence-electron chi connectivity index (χ0n) is 10.4. The maximum absolute atomic E-state index is 11.5. The fourth-order valence-electron chi connectivity index (χ4n) is 1.96. The van der Waals surface area contributed by atoms with Gasteiger partial charge in [-0.1, -0.05) is 11.6 Å². The summed E-state index contributed by atoms with van der Waals surface area (Å²) in [4.78, 5) is 16.9. The standard InChI is InChI=1S/C12H17ClN2O2S/c1-2-17-12(16)15-7-5-14(6-8-15)9-10-3-4-11(13)18-10/h3-4H,2,5-9H2,1H3. The van der Waals surface area contributed by atoms with Gasteiger partial charge in [0.05, 0.1) is 10.9 Å². The van der Waals surface area contributed by atoms with E-state index in [0.717, 1.165) is 37.1 Å². The Labute approximate surface area is 116 Å². The summed E-state index contributed by atoms with van der Waals surface area (Å²) >= 11 is 7.52. The number of carbonyl (C=O) groups is 1. The lowest BCUT2D eigenvalue weighted by Crippen LogP contribution is -2.48. The van der Waals surface area contributed by atoms with Crippen molar-refractivity contribution in [2.75, 3.05) is 32.8 Å². The third kappa shape index (κ3) is 3.60. The van der Waals surface area contributed by atoms with Gasteiger partial charge in [-0.05, 0) is 19.1 Å². The Morgan fingerprint density at radius 1 is 1.39 bits per heavy atom. The summed E-state index contributed by atoms with van der Waals surface area (Å²) in [5.41, 5.74) is 0. The van der Waals surface area contributed by atoms with Crippen LogP contribution < -0.4 is 0 Å². The molecule has 1 aromatic rings. The Morgan fingerprint density at radius 3 is 2.67 bits per heavy atom. The van der Waals surface area contributed by atoms with E-state index in [-0.39, 0.29) is 6.09 Å². The molecule has 2 rings (SSSR count). The predicted octanol–water partition coefficient (Wildman–Crippen LogP) is 2.68. The van der Waals surface area contributed by atoms with E-state index < -0.39 is 0 Å². The van der Waals surface area contributed by atoms with E-state index in [2.05, 4.69) is 11.0 Å². The first-order valence-electron chi connectivity index (χ1n) is 6.07. The average molecular weight is 289 g/mol. The highest BCUT2D eigenvalue weighted by atomic mass is 35.5. The quantitative estimate of drug-likeness (QED) is 0.857. The Morgan fingerprint density at radius 2 is 2.11 bits per heavy atom. The minimum atomic E-state index is -0.198. The van der Waals surface area contributed by atoms with Crippen LogP contribution in [0.4, 0.5) is 4.79 Å². The summed E-state index contributed by atoms with van der Waals surface area (Å²) in [5, 5.41) is 0. The molecule has 0 unspecified atom stereocenters. The summed E-state index contributed by atoms with van der Waals surface area (Å²) < 4.78 is 5.82. The van der Waals surface area contributed by atoms with Crippen LogP contribution in [-0.2, 0) is 11.3 Å². The Kier molecular flexibility index (Phi) is 4.86. The van der Waals surface area contributed by atoms with Crippen molar-refractivity contribution in [3.05, 3.63) is 21.3 Å². The van der Waals surface area contributed by atoms with Gasteiger partial charge in [0.1, 0.15) is 0 Å². The van der Waals surface area contributed by atoms with E-state index in [9.17, 15) is 4.79 Å². The number of hydrogen-bond donors (Lipinski definition) is 0. The minimum absolute atomic E-state index is 0.198. The molecule has 1 saturated heterocycles. The van der Waals surface area contributed by atoms with Gasteiger partial charge in [0.15, 0.2) is 0 Å². The lowest BCUT2D eigenvalue weighted by atomic mass is 10.3. The summed E-state index contributed by atoms with van der Waals surface area (Å²) in [6.07, 6.45) is -0.198. The molecule has 0 bridgehead atoms. The number of nitrogens with zero attached hydrogens (tertiary/aromatic N) is 2. The average Bonchev–Trinajstić information content (AvgIpc) is 2.76. The number of thiophene rings is 1. The normalized spacial score (nSPS) is 16.9. The molecule has 100 valence electrons. The Balaban J connectivity index is 1.78. The predicted molar refractivity (Wildman–Crippen MR) is 73.2 cm³/mol. The van der Waals surface area contributed by atoms with Crippen molar-refractivity contribution in [3.63, 3.8) is 0 Å². The maximum atomic E-state index is 11.5. The van der Waals surface area contributed by atoms with Crippen molar-refractivity contribution in [3.8, 4) is 0 Å². The molecule has 1 aromatic heterocycles. The highest BCUT2D eigenvalue weighted by molar-refractivity contribution is 7.16. The molecule has 1 aliphatic heterocycles. The van der Waals surface area contributed by atoms with Crippen LogP contribution in [0.5, 0.6) is 0 Å². The van der Waals surface area contributed by atoms with Gasteiger partial charge < -0.3 is 9.64 Å². The number of piperazine rings is 1. The van der Waals surface area contributed by atoms with Crippen LogP contribution in [0.1, 0.15) is 11.8 Å². The smallest absolute Gasteiger partial charge is 0.409 e. The second-order valence-corrected chi connectivity index (χ2v) is 5.97. The van der Waals surface area contributed by atoms with Gasteiger partial charge in [0.2, 0.25) is 0 Å². The van der Waals surface area contributed by atoms with Crippen LogP contribution in [0, 0.1) is 0 Å². The summed E-state index contributed by atoms with van der Waals surface area (Å²) in [6.45, 7) is 6.41. The van der Waals surface area contributed by atoms with Crippen molar-refractivity contribution >= 4 is 29.0 Å². The second kappa shape index (κ2) is 6.41. The number of carbonyl (C=O) groups excluding carboxylic acids is 1. The van der Waals surface area contributed by atoms with E-state index in [4.69, 9.17) is 16.3 Å². The molecular weight excluding hydrogens is 272 g/mol. The first-order chi connectivity index (χ1) is 8.69. The molecule has 0 spiro atoms. The van der Waals surface area contributed by atoms with Crippen molar-refractivity contribution < 1.29 is 9.53 Å². The van der Waals surface area contributed by atoms with Gasteiger partial charge in [-0.3, -0.25) is 4.90 Å². The Hall–Kier alpha value is -0.780. The van der Waals surface area contributed by atoms with Crippen molar-refractivity contribution in [1.82, 2.24) is 9.80 Å². The summed E-state index contributed by atoms with van der Waals surface area (Å²) in [5.74, 6) is 0. The first kappa shape index (κ1) is 13.6. The lowest BCUT2D eigenvalue weighted by molar-refractivity contribution is 0.0781. The van der Waals surface area contributed by atoms with Crippen LogP contribution in [0.3, 0.4) is 0 Å². The molecule has 1 amide bonds. The third-order valence-corrected chi connectivity index (χ3v) is 4.12. The third-order valence-electron chi connectivity index (χ3n) is 2.91. The van der Waals surface area contributed by atoms with E-state index in [1.54, 1.807) is 16.2 Å². The fraction of sp³-hybridized carbons (Fsp3) is 0.583. The van der Waals surface area contributed by atoms with Crippen molar-refractivity contribution in [1.29, 1.82) is 0 Å². The second-order valence-electron chi connectivity index (χ2n) is 4.17. The molecule has 6 heteroatoms. The van der Waals surface area contributed by atoms with Crippen molar-refractivity contribution in [2.24, 2.45) is 0 Å². The Bertz CT molecular complexity index is 403. The summed E-state index contributed by atoms with van der Waals surface area (Å²) in [7, 11) is 0. The topological polar surface area (TPSA) is 32.8 Å². The molecule has 1 fully saturated rings. The highest BCUT2D eigenvalue weighted by Gasteiger charge is 2.21. The van der Waals surface area contributed by atoms with E-state index in [1.165, 1.54) is 4.88 Å². The van der Waals surface area contributed by atoms with Gasteiger partial charge in [-0.15, -0.1) is 11.3 Å². The zero-order chi connectivity index (χ0) is 13.0. The number of ether oxygens (including phenoxy) is 1. The molecule has 4 nitrogen and oxygen atoms in total.